The van der Waals surface area contributed by atoms with Crippen molar-refractivity contribution < 1.29 is 0 Å². The molecule has 0 heterocycles. The van der Waals surface area contributed by atoms with Gasteiger partial charge in [-0.2, -0.15) is 0 Å². The van der Waals surface area contributed by atoms with Crippen molar-refractivity contribution in [1.29, 1.82) is 0 Å². The fourth-order valence-electron chi connectivity index (χ4n) is 0.550. The van der Waals surface area contributed by atoms with E-state index in [0.29, 0.717) is 13.1 Å². The van der Waals surface area contributed by atoms with E-state index in [1.165, 1.54) is 5.57 Å². The summed E-state index contributed by atoms with van der Waals surface area (Å²) >= 11 is 0. The zero-order valence-corrected chi connectivity index (χ0v) is 5.35. The first-order valence-electron chi connectivity index (χ1n) is 2.89. The molecule has 0 aliphatic heterocycles. The van der Waals surface area contributed by atoms with Crippen LogP contribution in [0, 0.1) is 0 Å². The van der Waals surface area contributed by atoms with Crippen molar-refractivity contribution in [3.63, 3.8) is 0 Å². The molecule has 0 aromatic carbocycles. The van der Waals surface area contributed by atoms with Gasteiger partial charge in [0.25, 0.3) is 0 Å². The maximum Gasteiger partial charge on any atom is 0.0137 e. The van der Waals surface area contributed by atoms with Crippen molar-refractivity contribution in [3.05, 3.63) is 11.6 Å². The number of nitrogens with two attached hydrogens (primary N) is 2. The van der Waals surface area contributed by atoms with Gasteiger partial charge in [-0.25, -0.2) is 0 Å². The molecule has 0 aliphatic carbocycles. The smallest absolute Gasteiger partial charge is 0.0137 e. The van der Waals surface area contributed by atoms with Crippen molar-refractivity contribution in [2.45, 2.75) is 13.3 Å². The van der Waals surface area contributed by atoms with Crippen LogP contribution in [-0.2, 0) is 0 Å². The summed E-state index contributed by atoms with van der Waals surface area (Å²) in [7, 11) is 0. The maximum atomic E-state index is 5.35. The van der Waals surface area contributed by atoms with Crippen molar-refractivity contribution >= 4 is 0 Å². The lowest BCUT2D eigenvalue weighted by atomic mass is 10.2. The molecule has 0 amide bonds. The van der Waals surface area contributed by atoms with Crippen molar-refractivity contribution in [1.82, 2.24) is 0 Å². The van der Waals surface area contributed by atoms with E-state index in [4.69, 9.17) is 11.5 Å². The van der Waals surface area contributed by atoms with Gasteiger partial charge in [0.15, 0.2) is 0 Å². The molecule has 48 valence electrons. The molecule has 4 N–H and O–H groups in total. The molecule has 0 aliphatic rings. The Bertz CT molecular complexity index is 76.6. The lowest BCUT2D eigenvalue weighted by Crippen LogP contribution is -2.08. The highest BCUT2D eigenvalue weighted by Crippen LogP contribution is 1.94. The van der Waals surface area contributed by atoms with E-state index in [2.05, 4.69) is 0 Å². The SMILES string of the molecule is C/C=C(/CN)CCN. The second-order valence-electron chi connectivity index (χ2n) is 1.69. The van der Waals surface area contributed by atoms with Crippen molar-refractivity contribution in [2.24, 2.45) is 11.5 Å². The van der Waals surface area contributed by atoms with E-state index in [1.54, 1.807) is 0 Å². The molecular formula is C6H14N2. The van der Waals surface area contributed by atoms with E-state index in [0.717, 1.165) is 6.42 Å². The highest BCUT2D eigenvalue weighted by Gasteiger charge is 1.87. The summed E-state index contributed by atoms with van der Waals surface area (Å²) in [6.07, 6.45) is 2.96. The molecule has 2 heteroatoms. The van der Waals surface area contributed by atoms with Gasteiger partial charge in [0.2, 0.25) is 0 Å². The summed E-state index contributed by atoms with van der Waals surface area (Å²) < 4.78 is 0. The first-order chi connectivity index (χ1) is 3.85. The van der Waals surface area contributed by atoms with Gasteiger partial charge < -0.3 is 11.5 Å². The molecular weight excluding hydrogens is 100 g/mol. The summed E-state index contributed by atoms with van der Waals surface area (Å²) in [5.41, 5.74) is 11.9. The minimum absolute atomic E-state index is 0.647. The van der Waals surface area contributed by atoms with Crippen LogP contribution in [0.15, 0.2) is 11.6 Å². The van der Waals surface area contributed by atoms with Crippen LogP contribution in [0.5, 0.6) is 0 Å². The van der Waals surface area contributed by atoms with E-state index in [1.807, 2.05) is 13.0 Å². The minimum atomic E-state index is 0.647. The van der Waals surface area contributed by atoms with Gasteiger partial charge in [0, 0.05) is 6.54 Å². The van der Waals surface area contributed by atoms with Crippen LogP contribution in [0.3, 0.4) is 0 Å². The van der Waals surface area contributed by atoms with E-state index < -0.39 is 0 Å². The number of rotatable bonds is 3. The molecule has 0 saturated heterocycles. The molecule has 8 heavy (non-hydrogen) atoms. The molecule has 0 bridgehead atoms. The van der Waals surface area contributed by atoms with Crippen LogP contribution in [-0.4, -0.2) is 13.1 Å². The third-order valence-corrected chi connectivity index (χ3v) is 1.14. The Morgan fingerprint density at radius 1 is 1.50 bits per heavy atom. The Labute approximate surface area is 50.6 Å². The zero-order chi connectivity index (χ0) is 6.41. The summed E-state index contributed by atoms with van der Waals surface area (Å²) in [6, 6.07) is 0. The van der Waals surface area contributed by atoms with Gasteiger partial charge in [-0.15, -0.1) is 0 Å². The quantitative estimate of drug-likeness (QED) is 0.516. The Kier molecular flexibility index (Phi) is 4.61. The third-order valence-electron chi connectivity index (χ3n) is 1.14. The first kappa shape index (κ1) is 7.66. The largest absolute Gasteiger partial charge is 0.330 e. The van der Waals surface area contributed by atoms with Crippen LogP contribution in [0.1, 0.15) is 13.3 Å². The van der Waals surface area contributed by atoms with Gasteiger partial charge >= 0.3 is 0 Å². The summed E-state index contributed by atoms with van der Waals surface area (Å²) in [5, 5.41) is 0. The van der Waals surface area contributed by atoms with Crippen LogP contribution in [0.2, 0.25) is 0 Å². The summed E-state index contributed by atoms with van der Waals surface area (Å²) in [4.78, 5) is 0. The van der Waals surface area contributed by atoms with E-state index >= 15 is 0 Å². The Hall–Kier alpha value is -0.340. The molecule has 0 saturated carbocycles. The van der Waals surface area contributed by atoms with Crippen LogP contribution in [0.4, 0.5) is 0 Å². The average Bonchev–Trinajstić information content (AvgIpc) is 1.83. The van der Waals surface area contributed by atoms with Crippen LogP contribution in [0.25, 0.3) is 0 Å². The molecule has 0 radical (unpaired) electrons. The lowest BCUT2D eigenvalue weighted by Gasteiger charge is -1.97. The maximum absolute atomic E-state index is 5.35. The van der Waals surface area contributed by atoms with Crippen LogP contribution < -0.4 is 11.5 Å². The Balaban J connectivity index is 3.38. The summed E-state index contributed by atoms with van der Waals surface area (Å²) in [6.45, 7) is 3.34. The van der Waals surface area contributed by atoms with E-state index in [-0.39, 0.29) is 0 Å². The zero-order valence-electron chi connectivity index (χ0n) is 5.35. The molecule has 0 aromatic rings. The molecule has 0 atom stereocenters. The third kappa shape index (κ3) is 2.77. The molecule has 0 spiro atoms. The average molecular weight is 114 g/mol. The molecule has 0 rings (SSSR count). The van der Waals surface area contributed by atoms with Crippen molar-refractivity contribution in [3.8, 4) is 0 Å². The first-order valence-corrected chi connectivity index (χ1v) is 2.89. The van der Waals surface area contributed by atoms with Gasteiger partial charge in [0.05, 0.1) is 0 Å². The normalized spacial score (nSPS) is 12.1. The van der Waals surface area contributed by atoms with E-state index in [9.17, 15) is 0 Å². The van der Waals surface area contributed by atoms with Crippen LogP contribution >= 0.6 is 0 Å². The lowest BCUT2D eigenvalue weighted by molar-refractivity contribution is 0.909. The Morgan fingerprint density at radius 2 is 2.12 bits per heavy atom. The molecule has 2 nitrogen and oxygen atoms in total. The fraction of sp³-hybridized carbons (Fsp3) is 0.667. The number of hydrogen-bond donors (Lipinski definition) is 2. The highest BCUT2D eigenvalue weighted by molar-refractivity contribution is 5.01. The monoisotopic (exact) mass is 114 g/mol. The van der Waals surface area contributed by atoms with Gasteiger partial charge in [-0.05, 0) is 19.9 Å². The molecule has 0 unspecified atom stereocenters. The van der Waals surface area contributed by atoms with Gasteiger partial charge in [0.1, 0.15) is 0 Å². The number of hydrogen-bond acceptors (Lipinski definition) is 2. The highest BCUT2D eigenvalue weighted by atomic mass is 14.6. The minimum Gasteiger partial charge on any atom is -0.330 e. The van der Waals surface area contributed by atoms with Crippen molar-refractivity contribution in [2.75, 3.05) is 13.1 Å². The second-order valence-corrected chi connectivity index (χ2v) is 1.69. The predicted octanol–water partition coefficient (Wildman–Crippen LogP) is 0.240. The van der Waals surface area contributed by atoms with Gasteiger partial charge in [-0.1, -0.05) is 11.6 Å². The second kappa shape index (κ2) is 4.81. The molecule has 0 aromatic heterocycles. The predicted molar refractivity (Wildman–Crippen MR) is 36.5 cm³/mol. The standard InChI is InChI=1S/C6H14N2/c1-2-6(5-8)3-4-7/h2H,3-5,7-8H2,1H3/b6-2+. The fourth-order valence-corrected chi connectivity index (χ4v) is 0.550. The van der Waals surface area contributed by atoms with Gasteiger partial charge in [-0.3, -0.25) is 0 Å². The topological polar surface area (TPSA) is 52.0 Å². The number of allylic oxidation sites excluding steroid dienone is 1. The Morgan fingerprint density at radius 3 is 2.25 bits per heavy atom. The molecule has 0 fully saturated rings. The summed E-state index contributed by atoms with van der Waals surface area (Å²) in [5.74, 6) is 0.